The maximum Gasteiger partial charge on any atom is 0.243 e. The standard InChI is InChI=1S/C19H25BrN2O2/c1-12-7-16(20)5-6-17(12)21-18(23)11-22(2)19(24)10-15-9-13-3-4-14(15)8-13/h5-7,13-15H,3-4,8-11H2,1-2H3,(H,21,23)/t13-,14-,15+/m1/s1. The number of anilines is 1. The molecule has 24 heavy (non-hydrogen) atoms. The van der Waals surface area contributed by atoms with Crippen LogP contribution < -0.4 is 5.32 Å². The van der Waals surface area contributed by atoms with Crippen molar-refractivity contribution in [3.63, 3.8) is 0 Å². The van der Waals surface area contributed by atoms with Crippen molar-refractivity contribution in [1.82, 2.24) is 4.90 Å². The molecule has 4 nitrogen and oxygen atoms in total. The summed E-state index contributed by atoms with van der Waals surface area (Å²) in [7, 11) is 1.73. The van der Waals surface area contributed by atoms with Crippen molar-refractivity contribution >= 4 is 33.4 Å². The van der Waals surface area contributed by atoms with Crippen molar-refractivity contribution < 1.29 is 9.59 Å². The average molecular weight is 393 g/mol. The van der Waals surface area contributed by atoms with Crippen molar-refractivity contribution in [1.29, 1.82) is 0 Å². The number of rotatable bonds is 5. The third-order valence-electron chi connectivity index (χ3n) is 5.59. The van der Waals surface area contributed by atoms with Gasteiger partial charge in [-0.05, 0) is 67.7 Å². The molecule has 1 N–H and O–H groups in total. The number of hydrogen-bond acceptors (Lipinski definition) is 2. The number of hydrogen-bond donors (Lipinski definition) is 1. The third kappa shape index (κ3) is 4.00. The lowest BCUT2D eigenvalue weighted by Gasteiger charge is -2.24. The van der Waals surface area contributed by atoms with Crippen molar-refractivity contribution in [3.05, 3.63) is 28.2 Å². The molecule has 2 bridgehead atoms. The minimum absolute atomic E-state index is 0.0928. The number of nitrogens with one attached hydrogen (secondary N) is 1. The first-order valence-electron chi connectivity index (χ1n) is 8.72. The summed E-state index contributed by atoms with van der Waals surface area (Å²) in [6, 6.07) is 5.72. The second-order valence-electron chi connectivity index (χ2n) is 7.40. The summed E-state index contributed by atoms with van der Waals surface area (Å²) in [4.78, 5) is 26.2. The lowest BCUT2D eigenvalue weighted by molar-refractivity contribution is -0.134. The number of likely N-dealkylation sites (N-methyl/N-ethyl adjacent to an activating group) is 1. The van der Waals surface area contributed by atoms with E-state index in [0.29, 0.717) is 12.3 Å². The molecule has 1 aromatic carbocycles. The molecule has 0 saturated heterocycles. The summed E-state index contributed by atoms with van der Waals surface area (Å²) in [5.74, 6) is 2.07. The van der Waals surface area contributed by atoms with Gasteiger partial charge in [-0.2, -0.15) is 0 Å². The zero-order chi connectivity index (χ0) is 17.3. The quantitative estimate of drug-likeness (QED) is 0.823. The summed E-state index contributed by atoms with van der Waals surface area (Å²) in [5, 5.41) is 2.89. The van der Waals surface area contributed by atoms with Gasteiger partial charge in [0.25, 0.3) is 0 Å². The summed E-state index contributed by atoms with van der Waals surface area (Å²) in [6.45, 7) is 2.06. The Hall–Kier alpha value is -1.36. The predicted molar refractivity (Wildman–Crippen MR) is 98.7 cm³/mol. The molecule has 2 aliphatic carbocycles. The third-order valence-corrected chi connectivity index (χ3v) is 6.08. The monoisotopic (exact) mass is 392 g/mol. The maximum absolute atomic E-state index is 12.4. The van der Waals surface area contributed by atoms with E-state index in [0.717, 1.165) is 27.6 Å². The van der Waals surface area contributed by atoms with E-state index in [1.165, 1.54) is 25.7 Å². The highest BCUT2D eigenvalue weighted by molar-refractivity contribution is 9.10. The number of carbonyl (C=O) groups excluding carboxylic acids is 2. The van der Waals surface area contributed by atoms with Crippen molar-refractivity contribution in [2.45, 2.75) is 39.0 Å². The van der Waals surface area contributed by atoms with Gasteiger partial charge in [-0.3, -0.25) is 9.59 Å². The van der Waals surface area contributed by atoms with Gasteiger partial charge < -0.3 is 10.2 Å². The van der Waals surface area contributed by atoms with Crippen LogP contribution in [0, 0.1) is 24.7 Å². The normalized spacial score (nSPS) is 24.9. The highest BCUT2D eigenvalue weighted by Crippen LogP contribution is 2.49. The fourth-order valence-electron chi connectivity index (χ4n) is 4.27. The highest BCUT2D eigenvalue weighted by atomic mass is 79.9. The minimum Gasteiger partial charge on any atom is -0.336 e. The number of benzene rings is 1. The molecule has 0 spiro atoms. The largest absolute Gasteiger partial charge is 0.336 e. The molecule has 2 aliphatic rings. The van der Waals surface area contributed by atoms with E-state index in [-0.39, 0.29) is 18.4 Å². The van der Waals surface area contributed by atoms with E-state index in [1.54, 1.807) is 11.9 Å². The van der Waals surface area contributed by atoms with Gasteiger partial charge >= 0.3 is 0 Å². The van der Waals surface area contributed by atoms with Gasteiger partial charge in [0, 0.05) is 23.6 Å². The minimum atomic E-state index is -0.149. The molecular weight excluding hydrogens is 368 g/mol. The first kappa shape index (κ1) is 17.5. The van der Waals surface area contributed by atoms with Crippen LogP contribution in [0.15, 0.2) is 22.7 Å². The molecule has 0 heterocycles. The number of fused-ring (bicyclic) bond motifs is 2. The van der Waals surface area contributed by atoms with Crippen molar-refractivity contribution in [2.24, 2.45) is 17.8 Å². The summed E-state index contributed by atoms with van der Waals surface area (Å²) < 4.78 is 0.983. The zero-order valence-electron chi connectivity index (χ0n) is 14.3. The Morgan fingerprint density at radius 1 is 1.29 bits per heavy atom. The SMILES string of the molecule is Cc1cc(Br)ccc1NC(=O)CN(C)C(=O)C[C@@H]1C[C@@H]2CC[C@@H]1C2. The van der Waals surface area contributed by atoms with Crippen molar-refractivity contribution in [2.75, 3.05) is 18.9 Å². The predicted octanol–water partition coefficient (Wildman–Crippen LogP) is 3.98. The van der Waals surface area contributed by atoms with Crippen LogP contribution in [0.25, 0.3) is 0 Å². The molecule has 5 heteroatoms. The van der Waals surface area contributed by atoms with Crippen LogP contribution in [0.3, 0.4) is 0 Å². The topological polar surface area (TPSA) is 49.4 Å². The Morgan fingerprint density at radius 3 is 2.71 bits per heavy atom. The average Bonchev–Trinajstić information content (AvgIpc) is 3.12. The van der Waals surface area contributed by atoms with Crippen LogP contribution in [0.1, 0.15) is 37.7 Å². The van der Waals surface area contributed by atoms with Crippen LogP contribution in [-0.2, 0) is 9.59 Å². The van der Waals surface area contributed by atoms with Gasteiger partial charge in [-0.15, -0.1) is 0 Å². The van der Waals surface area contributed by atoms with Gasteiger partial charge in [-0.25, -0.2) is 0 Å². The molecule has 0 aliphatic heterocycles. The van der Waals surface area contributed by atoms with E-state index in [4.69, 9.17) is 0 Å². The second kappa shape index (κ2) is 7.26. The molecule has 0 unspecified atom stereocenters. The smallest absolute Gasteiger partial charge is 0.243 e. The molecule has 1 aromatic rings. The first-order chi connectivity index (χ1) is 11.4. The Morgan fingerprint density at radius 2 is 2.08 bits per heavy atom. The molecule has 3 rings (SSSR count). The molecule has 2 fully saturated rings. The Kier molecular flexibility index (Phi) is 5.28. The molecule has 0 radical (unpaired) electrons. The van der Waals surface area contributed by atoms with Crippen LogP contribution in [0.5, 0.6) is 0 Å². The van der Waals surface area contributed by atoms with Crippen LogP contribution >= 0.6 is 15.9 Å². The molecule has 3 atom stereocenters. The van der Waals surface area contributed by atoms with E-state index in [9.17, 15) is 9.59 Å². The van der Waals surface area contributed by atoms with E-state index in [1.807, 2.05) is 25.1 Å². The summed E-state index contributed by atoms with van der Waals surface area (Å²) in [6.07, 6.45) is 5.75. The number of aryl methyl sites for hydroxylation is 1. The Balaban J connectivity index is 1.49. The zero-order valence-corrected chi connectivity index (χ0v) is 15.9. The molecule has 2 amide bonds. The van der Waals surface area contributed by atoms with Crippen LogP contribution in [0.2, 0.25) is 0 Å². The van der Waals surface area contributed by atoms with Gasteiger partial charge in [0.2, 0.25) is 11.8 Å². The number of carbonyl (C=O) groups is 2. The van der Waals surface area contributed by atoms with E-state index in [2.05, 4.69) is 21.2 Å². The number of amides is 2. The summed E-state index contributed by atoms with van der Waals surface area (Å²) in [5.41, 5.74) is 1.78. The lowest BCUT2D eigenvalue weighted by Crippen LogP contribution is -2.36. The van der Waals surface area contributed by atoms with Gasteiger partial charge in [0.1, 0.15) is 0 Å². The summed E-state index contributed by atoms with van der Waals surface area (Å²) >= 11 is 3.41. The first-order valence-corrected chi connectivity index (χ1v) is 9.51. The molecule has 130 valence electrons. The number of nitrogens with zero attached hydrogens (tertiary/aromatic N) is 1. The fraction of sp³-hybridized carbons (Fsp3) is 0.579. The molecule has 2 saturated carbocycles. The van der Waals surface area contributed by atoms with E-state index < -0.39 is 0 Å². The van der Waals surface area contributed by atoms with Crippen LogP contribution in [-0.4, -0.2) is 30.3 Å². The molecular formula is C19H25BrN2O2. The highest BCUT2D eigenvalue weighted by Gasteiger charge is 2.40. The molecule has 0 aromatic heterocycles. The van der Waals surface area contributed by atoms with Gasteiger partial charge in [0.15, 0.2) is 0 Å². The fourth-order valence-corrected chi connectivity index (χ4v) is 4.74. The van der Waals surface area contributed by atoms with Crippen LogP contribution in [0.4, 0.5) is 5.69 Å². The van der Waals surface area contributed by atoms with E-state index >= 15 is 0 Å². The van der Waals surface area contributed by atoms with Crippen molar-refractivity contribution in [3.8, 4) is 0 Å². The Bertz CT molecular complexity index is 646. The van der Waals surface area contributed by atoms with Gasteiger partial charge in [-0.1, -0.05) is 22.4 Å². The van der Waals surface area contributed by atoms with Gasteiger partial charge in [0.05, 0.1) is 6.54 Å². The maximum atomic E-state index is 12.4. The second-order valence-corrected chi connectivity index (χ2v) is 8.31. The Labute approximate surface area is 152 Å². The lowest BCUT2D eigenvalue weighted by atomic mass is 9.86. The number of halogens is 1.